The van der Waals surface area contributed by atoms with Gasteiger partial charge in [-0.25, -0.2) is 4.79 Å². The maximum Gasteiger partial charge on any atom is 0.317 e. The number of carbonyl (C=O) groups excluding carboxylic acids is 1. The van der Waals surface area contributed by atoms with E-state index < -0.39 is 0 Å². The highest BCUT2D eigenvalue weighted by molar-refractivity contribution is 5.74. The monoisotopic (exact) mass is 305 g/mol. The Hall–Kier alpha value is -1.66. The van der Waals surface area contributed by atoms with E-state index in [9.17, 15) is 4.79 Å². The summed E-state index contributed by atoms with van der Waals surface area (Å²) in [6.07, 6.45) is 4.67. The molecule has 22 heavy (non-hydrogen) atoms. The Labute approximate surface area is 133 Å². The molecule has 0 atom stereocenters. The maximum absolute atomic E-state index is 12.2. The second-order valence-corrected chi connectivity index (χ2v) is 6.00. The van der Waals surface area contributed by atoms with Crippen LogP contribution in [0.2, 0.25) is 0 Å². The van der Waals surface area contributed by atoms with Gasteiger partial charge in [0.15, 0.2) is 0 Å². The van der Waals surface area contributed by atoms with Crippen LogP contribution in [-0.2, 0) is 6.54 Å². The molecule has 122 valence electrons. The van der Waals surface area contributed by atoms with Crippen LogP contribution in [0.15, 0.2) is 24.5 Å². The number of nitrogens with zero attached hydrogens (tertiary/aromatic N) is 4. The number of amides is 2. The summed E-state index contributed by atoms with van der Waals surface area (Å²) in [5.41, 5.74) is 1.07. The van der Waals surface area contributed by atoms with Crippen LogP contribution in [0.1, 0.15) is 12.0 Å². The van der Waals surface area contributed by atoms with Crippen LogP contribution in [-0.4, -0.2) is 79.1 Å². The minimum atomic E-state index is 0.0322. The third-order valence-electron chi connectivity index (χ3n) is 3.93. The lowest BCUT2D eigenvalue weighted by atomic mass is 10.2. The number of carbonyl (C=O) groups is 1. The fraction of sp³-hybridized carbons (Fsp3) is 0.625. The summed E-state index contributed by atoms with van der Waals surface area (Å²) in [6, 6.07) is 3.87. The second kappa shape index (κ2) is 8.70. The summed E-state index contributed by atoms with van der Waals surface area (Å²) in [5, 5.41) is 2.98. The standard InChI is InChI=1S/C16H27N5O/c1-19(2)8-3-9-20-10-12-21(13-11-20)16(22)18-14-15-4-6-17-7-5-15/h4-7H,3,8-14H2,1-2H3,(H,18,22). The van der Waals surface area contributed by atoms with Gasteiger partial charge in [0.1, 0.15) is 0 Å². The van der Waals surface area contributed by atoms with Gasteiger partial charge in [-0.2, -0.15) is 0 Å². The number of hydrogen-bond donors (Lipinski definition) is 1. The molecule has 0 radical (unpaired) electrons. The lowest BCUT2D eigenvalue weighted by Crippen LogP contribution is -2.51. The van der Waals surface area contributed by atoms with Gasteiger partial charge in [-0.1, -0.05) is 0 Å². The molecular weight excluding hydrogens is 278 g/mol. The molecule has 0 unspecified atom stereocenters. The lowest BCUT2D eigenvalue weighted by molar-refractivity contribution is 0.136. The molecule has 2 amide bonds. The van der Waals surface area contributed by atoms with Gasteiger partial charge in [0.2, 0.25) is 0 Å². The van der Waals surface area contributed by atoms with E-state index in [1.165, 1.54) is 6.42 Å². The Morgan fingerprint density at radius 2 is 1.91 bits per heavy atom. The zero-order valence-electron chi connectivity index (χ0n) is 13.7. The van der Waals surface area contributed by atoms with Crippen LogP contribution < -0.4 is 5.32 Å². The van der Waals surface area contributed by atoms with E-state index in [1.807, 2.05) is 17.0 Å². The number of nitrogens with one attached hydrogen (secondary N) is 1. The molecule has 6 nitrogen and oxygen atoms in total. The number of urea groups is 1. The van der Waals surface area contributed by atoms with E-state index in [0.717, 1.165) is 44.8 Å². The molecule has 2 rings (SSSR count). The molecule has 1 saturated heterocycles. The quantitative estimate of drug-likeness (QED) is 0.847. The molecule has 6 heteroatoms. The SMILES string of the molecule is CN(C)CCCN1CCN(C(=O)NCc2ccncc2)CC1. The van der Waals surface area contributed by atoms with Crippen molar-refractivity contribution in [3.63, 3.8) is 0 Å². The number of rotatable bonds is 6. The minimum Gasteiger partial charge on any atom is -0.334 e. The van der Waals surface area contributed by atoms with Gasteiger partial charge in [0.25, 0.3) is 0 Å². The second-order valence-electron chi connectivity index (χ2n) is 6.00. The number of pyridine rings is 1. The molecule has 1 N–H and O–H groups in total. The van der Waals surface area contributed by atoms with Gasteiger partial charge in [-0.3, -0.25) is 9.88 Å². The Morgan fingerprint density at radius 1 is 1.23 bits per heavy atom. The first-order chi connectivity index (χ1) is 10.6. The topological polar surface area (TPSA) is 51.7 Å². The van der Waals surface area contributed by atoms with Gasteiger partial charge >= 0.3 is 6.03 Å². The van der Waals surface area contributed by atoms with Crippen molar-refractivity contribution in [3.8, 4) is 0 Å². The van der Waals surface area contributed by atoms with Gasteiger partial charge in [0, 0.05) is 45.1 Å². The highest BCUT2D eigenvalue weighted by Gasteiger charge is 2.20. The van der Waals surface area contributed by atoms with Crippen LogP contribution in [0.4, 0.5) is 4.79 Å². The van der Waals surface area contributed by atoms with E-state index in [0.29, 0.717) is 6.54 Å². The van der Waals surface area contributed by atoms with Crippen molar-refractivity contribution in [1.82, 2.24) is 25.0 Å². The van der Waals surface area contributed by atoms with Gasteiger partial charge in [0.05, 0.1) is 0 Å². The summed E-state index contributed by atoms with van der Waals surface area (Å²) in [7, 11) is 4.20. The van der Waals surface area contributed by atoms with Crippen molar-refractivity contribution in [2.45, 2.75) is 13.0 Å². The predicted molar refractivity (Wildman–Crippen MR) is 87.7 cm³/mol. The molecule has 0 saturated carbocycles. The van der Waals surface area contributed by atoms with Crippen LogP contribution >= 0.6 is 0 Å². The third-order valence-corrected chi connectivity index (χ3v) is 3.93. The summed E-state index contributed by atoms with van der Waals surface area (Å²) >= 11 is 0. The van der Waals surface area contributed by atoms with Gasteiger partial charge in [-0.15, -0.1) is 0 Å². The van der Waals surface area contributed by atoms with Crippen molar-refractivity contribution in [2.75, 3.05) is 53.4 Å². The Bertz CT molecular complexity index is 443. The lowest BCUT2D eigenvalue weighted by Gasteiger charge is -2.34. The average molecular weight is 305 g/mol. The normalized spacial score (nSPS) is 16.0. The molecule has 0 bridgehead atoms. The van der Waals surface area contributed by atoms with E-state index >= 15 is 0 Å². The first kappa shape index (κ1) is 16.7. The number of aromatic nitrogens is 1. The summed E-state index contributed by atoms with van der Waals surface area (Å²) in [6.45, 7) is 6.35. The summed E-state index contributed by atoms with van der Waals surface area (Å²) in [4.78, 5) is 22.7. The van der Waals surface area contributed by atoms with Crippen molar-refractivity contribution in [3.05, 3.63) is 30.1 Å². The zero-order chi connectivity index (χ0) is 15.8. The molecule has 2 heterocycles. The largest absolute Gasteiger partial charge is 0.334 e. The third kappa shape index (κ3) is 5.61. The van der Waals surface area contributed by atoms with Gasteiger partial charge in [-0.05, 0) is 51.3 Å². The van der Waals surface area contributed by atoms with Crippen LogP contribution in [0.3, 0.4) is 0 Å². The van der Waals surface area contributed by atoms with E-state index in [1.54, 1.807) is 12.4 Å². The summed E-state index contributed by atoms with van der Waals surface area (Å²) in [5.74, 6) is 0. The highest BCUT2D eigenvalue weighted by Crippen LogP contribution is 2.04. The van der Waals surface area contributed by atoms with E-state index in [2.05, 4.69) is 34.2 Å². The highest BCUT2D eigenvalue weighted by atomic mass is 16.2. The Morgan fingerprint density at radius 3 is 2.55 bits per heavy atom. The molecule has 1 aliphatic rings. The zero-order valence-corrected chi connectivity index (χ0v) is 13.7. The minimum absolute atomic E-state index is 0.0322. The first-order valence-electron chi connectivity index (χ1n) is 7.94. The van der Waals surface area contributed by atoms with Crippen LogP contribution in [0.5, 0.6) is 0 Å². The van der Waals surface area contributed by atoms with Gasteiger partial charge < -0.3 is 15.1 Å². The summed E-state index contributed by atoms with van der Waals surface area (Å²) < 4.78 is 0. The molecule has 1 fully saturated rings. The average Bonchev–Trinajstić information content (AvgIpc) is 2.54. The molecule has 1 aliphatic heterocycles. The fourth-order valence-corrected chi connectivity index (χ4v) is 2.58. The molecule has 1 aromatic heterocycles. The number of hydrogen-bond acceptors (Lipinski definition) is 4. The first-order valence-corrected chi connectivity index (χ1v) is 7.94. The van der Waals surface area contributed by atoms with Crippen molar-refractivity contribution >= 4 is 6.03 Å². The van der Waals surface area contributed by atoms with Crippen molar-refractivity contribution < 1.29 is 4.79 Å². The van der Waals surface area contributed by atoms with Crippen molar-refractivity contribution in [1.29, 1.82) is 0 Å². The predicted octanol–water partition coefficient (Wildman–Crippen LogP) is 0.861. The fourth-order valence-electron chi connectivity index (χ4n) is 2.58. The smallest absolute Gasteiger partial charge is 0.317 e. The molecule has 0 spiro atoms. The molecular formula is C16H27N5O. The van der Waals surface area contributed by atoms with Crippen LogP contribution in [0, 0.1) is 0 Å². The van der Waals surface area contributed by atoms with Crippen molar-refractivity contribution in [2.24, 2.45) is 0 Å². The number of piperazine rings is 1. The van der Waals surface area contributed by atoms with E-state index in [-0.39, 0.29) is 6.03 Å². The van der Waals surface area contributed by atoms with Crippen LogP contribution in [0.25, 0.3) is 0 Å². The molecule has 0 aliphatic carbocycles. The maximum atomic E-state index is 12.2. The van der Waals surface area contributed by atoms with E-state index in [4.69, 9.17) is 0 Å². The Balaban J connectivity index is 1.64. The molecule has 1 aromatic rings. The molecule has 0 aromatic carbocycles. The Kier molecular flexibility index (Phi) is 6.61.